The standard InChI is InChI=1S/C16H20F4N2O5S/c1-6-27-13(23)16(19,20)15(5,21-28(26)14(2,3)4)10-7-9(22(24)25)8-11(17)12(10)18/h7-8,21H,6H2,1-5H3/t15?,28-/m1/s1. The molecule has 0 heterocycles. The van der Waals surface area contributed by atoms with Crippen LogP contribution in [0.3, 0.4) is 0 Å². The molecule has 0 aromatic heterocycles. The van der Waals surface area contributed by atoms with Gasteiger partial charge >= 0.3 is 11.9 Å². The second-order valence-electron chi connectivity index (χ2n) is 6.95. The van der Waals surface area contributed by atoms with Gasteiger partial charge in [-0.05, 0) is 34.6 Å². The molecule has 1 unspecified atom stereocenters. The summed E-state index contributed by atoms with van der Waals surface area (Å²) in [5.41, 5.74) is -5.40. The molecule has 7 nitrogen and oxygen atoms in total. The molecule has 2 atom stereocenters. The number of ether oxygens (including phenoxy) is 1. The lowest BCUT2D eigenvalue weighted by Crippen LogP contribution is -2.62. The third-order valence-corrected chi connectivity index (χ3v) is 5.48. The van der Waals surface area contributed by atoms with Crippen molar-refractivity contribution >= 4 is 23.0 Å². The van der Waals surface area contributed by atoms with E-state index in [0.717, 1.165) is 0 Å². The van der Waals surface area contributed by atoms with Crippen LogP contribution in [0.1, 0.15) is 40.2 Å². The number of hydrogen-bond donors (Lipinski definition) is 1. The maximum absolute atomic E-state index is 15.0. The van der Waals surface area contributed by atoms with E-state index in [4.69, 9.17) is 0 Å². The summed E-state index contributed by atoms with van der Waals surface area (Å²) < 4.78 is 75.9. The van der Waals surface area contributed by atoms with E-state index in [2.05, 4.69) is 4.74 Å². The normalized spacial score (nSPS) is 15.6. The highest BCUT2D eigenvalue weighted by molar-refractivity contribution is 7.90. The predicted octanol–water partition coefficient (Wildman–Crippen LogP) is 3.34. The first-order chi connectivity index (χ1) is 12.6. The average molecular weight is 428 g/mol. The Morgan fingerprint density at radius 1 is 1.25 bits per heavy atom. The van der Waals surface area contributed by atoms with Crippen molar-refractivity contribution in [2.75, 3.05) is 6.61 Å². The molecule has 0 radical (unpaired) electrons. The maximum Gasteiger partial charge on any atom is 0.379 e. The Hall–Kier alpha value is -1.92. The summed E-state index contributed by atoms with van der Waals surface area (Å²) in [7, 11) is 0. The number of nitro groups is 1. The molecule has 1 aromatic rings. The van der Waals surface area contributed by atoms with Crippen molar-refractivity contribution in [1.29, 1.82) is 0 Å². The number of esters is 1. The molecule has 0 aliphatic rings. The van der Waals surface area contributed by atoms with Crippen molar-refractivity contribution in [3.05, 3.63) is 39.4 Å². The lowest BCUT2D eigenvalue weighted by atomic mass is 9.85. The highest BCUT2D eigenvalue weighted by Crippen LogP contribution is 2.42. The van der Waals surface area contributed by atoms with Gasteiger partial charge in [0.05, 0.1) is 17.6 Å². The molecule has 0 amide bonds. The summed E-state index contributed by atoms with van der Waals surface area (Å²) in [5, 5.41) is 11.0. The Morgan fingerprint density at radius 2 is 1.79 bits per heavy atom. The van der Waals surface area contributed by atoms with Gasteiger partial charge in [0.15, 0.2) is 17.2 Å². The molecular weight excluding hydrogens is 408 g/mol. The number of nitro benzene ring substituents is 1. The molecule has 12 heteroatoms. The van der Waals surface area contributed by atoms with E-state index >= 15 is 8.78 Å². The molecule has 0 aliphatic heterocycles. The van der Waals surface area contributed by atoms with Gasteiger partial charge in [0.1, 0.15) is 4.75 Å². The van der Waals surface area contributed by atoms with Crippen LogP contribution < -0.4 is 4.72 Å². The molecule has 28 heavy (non-hydrogen) atoms. The van der Waals surface area contributed by atoms with Crippen molar-refractivity contribution in [3.8, 4) is 0 Å². The third kappa shape index (κ3) is 4.55. The molecule has 0 bridgehead atoms. The number of hydrogen-bond acceptors (Lipinski definition) is 6. The first kappa shape index (κ1) is 24.1. The van der Waals surface area contributed by atoms with Gasteiger partial charge in [-0.1, -0.05) is 0 Å². The molecule has 0 spiro atoms. The lowest BCUT2D eigenvalue weighted by molar-refractivity contribution is -0.385. The van der Waals surface area contributed by atoms with Crippen LogP contribution in [0.5, 0.6) is 0 Å². The number of halogens is 4. The molecule has 1 aromatic carbocycles. The van der Waals surface area contributed by atoms with Crippen molar-refractivity contribution in [3.63, 3.8) is 0 Å². The van der Waals surface area contributed by atoms with E-state index in [1.54, 1.807) is 0 Å². The molecular formula is C16H20F4N2O5S. The van der Waals surface area contributed by atoms with Crippen LogP contribution in [-0.2, 0) is 26.4 Å². The van der Waals surface area contributed by atoms with Gasteiger partial charge in [-0.15, -0.1) is 4.72 Å². The first-order valence-electron chi connectivity index (χ1n) is 7.98. The number of non-ortho nitro benzene ring substituents is 1. The molecule has 0 saturated heterocycles. The van der Waals surface area contributed by atoms with E-state index in [1.807, 2.05) is 4.72 Å². The van der Waals surface area contributed by atoms with E-state index < -0.39 is 68.0 Å². The SMILES string of the molecule is CCOC(=O)C(F)(F)C(C)(N[S@+]([O-])C(C)(C)C)c1cc([N+](=O)[O-])cc(F)c1F. The highest BCUT2D eigenvalue weighted by Gasteiger charge is 2.63. The van der Waals surface area contributed by atoms with Crippen molar-refractivity contribution in [2.24, 2.45) is 0 Å². The van der Waals surface area contributed by atoms with Crippen LogP contribution in [0, 0.1) is 21.7 Å². The van der Waals surface area contributed by atoms with Crippen molar-refractivity contribution < 1.29 is 36.6 Å². The largest absolute Gasteiger partial charge is 0.598 e. The average Bonchev–Trinajstić information content (AvgIpc) is 2.55. The number of nitrogens with one attached hydrogen (secondary N) is 1. The maximum atomic E-state index is 15.0. The zero-order valence-corrected chi connectivity index (χ0v) is 16.6. The van der Waals surface area contributed by atoms with Gasteiger partial charge in [-0.2, -0.15) is 8.78 Å². The molecule has 1 rings (SSSR count). The van der Waals surface area contributed by atoms with Gasteiger partial charge in [0, 0.05) is 23.0 Å². The Balaban J connectivity index is 3.78. The monoisotopic (exact) mass is 428 g/mol. The summed E-state index contributed by atoms with van der Waals surface area (Å²) >= 11 is -2.30. The van der Waals surface area contributed by atoms with E-state index in [0.29, 0.717) is 13.0 Å². The number of alkyl halides is 2. The first-order valence-corrected chi connectivity index (χ1v) is 9.13. The molecule has 0 aliphatic carbocycles. The quantitative estimate of drug-likeness (QED) is 0.235. The summed E-state index contributed by atoms with van der Waals surface area (Å²) in [6.45, 7) is 5.61. The van der Waals surface area contributed by atoms with Crippen LogP contribution in [0.2, 0.25) is 0 Å². The molecule has 158 valence electrons. The summed E-state index contributed by atoms with van der Waals surface area (Å²) in [6, 6.07) is 0.570. The molecule has 0 fully saturated rings. The van der Waals surface area contributed by atoms with Gasteiger partial charge in [-0.25, -0.2) is 13.6 Å². The second-order valence-corrected chi connectivity index (χ2v) is 8.92. The number of rotatable bonds is 7. The lowest BCUT2D eigenvalue weighted by Gasteiger charge is -2.38. The smallest absolute Gasteiger partial charge is 0.379 e. The van der Waals surface area contributed by atoms with Crippen LogP contribution in [0.15, 0.2) is 12.1 Å². The fourth-order valence-corrected chi connectivity index (χ4v) is 3.01. The van der Waals surface area contributed by atoms with Crippen LogP contribution in [-0.4, -0.2) is 32.7 Å². The Labute approximate surface area is 161 Å². The summed E-state index contributed by atoms with van der Waals surface area (Å²) in [4.78, 5) is 21.7. The van der Waals surface area contributed by atoms with Gasteiger partial charge in [0.2, 0.25) is 0 Å². The predicted molar refractivity (Wildman–Crippen MR) is 93.0 cm³/mol. The number of carbonyl (C=O) groups is 1. The second kappa shape index (κ2) is 8.21. The highest BCUT2D eigenvalue weighted by atomic mass is 32.2. The van der Waals surface area contributed by atoms with Gasteiger partial charge in [0.25, 0.3) is 5.69 Å². The minimum atomic E-state index is -4.56. The minimum absolute atomic E-state index is 0.211. The zero-order valence-electron chi connectivity index (χ0n) is 15.8. The molecule has 0 saturated carbocycles. The van der Waals surface area contributed by atoms with E-state index in [1.165, 1.54) is 27.7 Å². The number of nitrogens with zero attached hydrogens (tertiary/aromatic N) is 1. The minimum Gasteiger partial charge on any atom is -0.598 e. The number of carbonyl (C=O) groups excluding carboxylic acids is 1. The van der Waals surface area contributed by atoms with E-state index in [-0.39, 0.29) is 6.07 Å². The number of benzene rings is 1. The fourth-order valence-electron chi connectivity index (χ4n) is 2.10. The van der Waals surface area contributed by atoms with Crippen molar-refractivity contribution in [2.45, 2.75) is 50.8 Å². The van der Waals surface area contributed by atoms with E-state index in [9.17, 15) is 28.2 Å². The van der Waals surface area contributed by atoms with Crippen LogP contribution in [0.4, 0.5) is 23.2 Å². The van der Waals surface area contributed by atoms with Crippen molar-refractivity contribution in [1.82, 2.24) is 4.72 Å². The fraction of sp³-hybridized carbons (Fsp3) is 0.562. The summed E-state index contributed by atoms with van der Waals surface area (Å²) in [5.74, 6) is -10.3. The zero-order chi connectivity index (χ0) is 22.1. The topological polar surface area (TPSA) is 105 Å². The molecule has 1 N–H and O–H groups in total. The van der Waals surface area contributed by atoms with Gasteiger partial charge < -0.3 is 9.29 Å². The Morgan fingerprint density at radius 3 is 2.21 bits per heavy atom. The summed E-state index contributed by atoms with van der Waals surface area (Å²) in [6.07, 6.45) is 0. The van der Waals surface area contributed by atoms with Crippen LogP contribution >= 0.6 is 0 Å². The van der Waals surface area contributed by atoms with Gasteiger partial charge in [-0.3, -0.25) is 10.1 Å². The third-order valence-electron chi connectivity index (χ3n) is 3.78. The Bertz CT molecular complexity index is 772. The Kier molecular flexibility index (Phi) is 7.07. The van der Waals surface area contributed by atoms with Crippen LogP contribution in [0.25, 0.3) is 0 Å².